The first-order valence-electron chi connectivity index (χ1n) is 6.22. The van der Waals surface area contributed by atoms with Gasteiger partial charge >= 0.3 is 5.97 Å². The molecule has 1 saturated heterocycles. The van der Waals surface area contributed by atoms with Crippen LogP contribution in [0.25, 0.3) is 10.1 Å². The summed E-state index contributed by atoms with van der Waals surface area (Å²) in [5.41, 5.74) is -0.843. The van der Waals surface area contributed by atoms with Gasteiger partial charge in [-0.15, -0.1) is 11.3 Å². The van der Waals surface area contributed by atoms with Crippen LogP contribution in [0.15, 0.2) is 29.6 Å². The number of benzene rings is 1. The highest BCUT2D eigenvalue weighted by atomic mass is 32.1. The monoisotopic (exact) mass is 291 g/mol. The average molecular weight is 291 g/mol. The predicted octanol–water partition coefficient (Wildman–Crippen LogP) is 1.87. The zero-order chi connectivity index (χ0) is 14.2. The van der Waals surface area contributed by atoms with E-state index in [1.165, 1.54) is 0 Å². The van der Waals surface area contributed by atoms with Gasteiger partial charge in [0.15, 0.2) is 5.54 Å². The fourth-order valence-corrected chi connectivity index (χ4v) is 3.05. The fraction of sp³-hybridized carbons (Fsp3) is 0.286. The van der Waals surface area contributed by atoms with Gasteiger partial charge in [0.25, 0.3) is 5.91 Å². The lowest BCUT2D eigenvalue weighted by Crippen LogP contribution is -2.55. The first-order chi connectivity index (χ1) is 9.61. The summed E-state index contributed by atoms with van der Waals surface area (Å²) < 4.78 is 6.22. The van der Waals surface area contributed by atoms with Crippen molar-refractivity contribution in [3.8, 4) is 0 Å². The van der Waals surface area contributed by atoms with Crippen molar-refractivity contribution in [1.29, 1.82) is 0 Å². The molecule has 104 valence electrons. The zero-order valence-corrected chi connectivity index (χ0v) is 11.4. The van der Waals surface area contributed by atoms with E-state index < -0.39 is 11.5 Å². The van der Waals surface area contributed by atoms with Crippen molar-refractivity contribution in [2.24, 2.45) is 0 Å². The summed E-state index contributed by atoms with van der Waals surface area (Å²) in [7, 11) is 0. The number of carboxylic acids is 1. The summed E-state index contributed by atoms with van der Waals surface area (Å²) in [5.74, 6) is -1.44. The molecule has 2 N–H and O–H groups in total. The Balaban J connectivity index is 1.86. The molecule has 2 heterocycles. The number of carboxylic acid groups (broad SMARTS) is 1. The smallest absolute Gasteiger partial charge is 0.331 e. The molecular weight excluding hydrogens is 278 g/mol. The van der Waals surface area contributed by atoms with Crippen molar-refractivity contribution < 1.29 is 19.4 Å². The summed E-state index contributed by atoms with van der Waals surface area (Å²) in [6, 6.07) is 7.28. The second kappa shape index (κ2) is 4.88. The molecule has 20 heavy (non-hydrogen) atoms. The van der Waals surface area contributed by atoms with Crippen molar-refractivity contribution >= 4 is 33.3 Å². The molecule has 1 aromatic carbocycles. The standard InChI is InChI=1S/C14H13NO4S/c16-12(15-14(13(17)18)4-5-19-8-14)10-1-2-11-9(7-10)3-6-20-11/h1-3,6-7H,4-5,8H2,(H,15,16)(H,17,18). The molecule has 0 radical (unpaired) electrons. The molecule has 5 nitrogen and oxygen atoms in total. The van der Waals surface area contributed by atoms with Gasteiger partial charge in [-0.05, 0) is 35.0 Å². The second-order valence-corrected chi connectivity index (χ2v) is 5.76. The van der Waals surface area contributed by atoms with Gasteiger partial charge in [0.05, 0.1) is 6.61 Å². The number of nitrogens with one attached hydrogen (secondary N) is 1. The molecule has 0 saturated carbocycles. The highest BCUT2D eigenvalue weighted by molar-refractivity contribution is 7.17. The number of rotatable bonds is 3. The molecule has 1 amide bonds. The predicted molar refractivity (Wildman–Crippen MR) is 75.1 cm³/mol. The van der Waals surface area contributed by atoms with Gasteiger partial charge in [-0.2, -0.15) is 0 Å². The molecule has 0 spiro atoms. The first kappa shape index (κ1) is 13.1. The summed E-state index contributed by atoms with van der Waals surface area (Å²) in [6.07, 6.45) is 0.286. The number of ether oxygens (including phenoxy) is 1. The highest BCUT2D eigenvalue weighted by Gasteiger charge is 2.44. The van der Waals surface area contributed by atoms with Crippen molar-refractivity contribution in [1.82, 2.24) is 5.32 Å². The number of carbonyl (C=O) groups excluding carboxylic acids is 1. The third kappa shape index (κ3) is 2.17. The molecule has 1 atom stereocenters. The van der Waals surface area contributed by atoms with Gasteiger partial charge < -0.3 is 15.2 Å². The summed E-state index contributed by atoms with van der Waals surface area (Å²) >= 11 is 1.60. The van der Waals surface area contributed by atoms with Crippen LogP contribution in [0.5, 0.6) is 0 Å². The lowest BCUT2D eigenvalue weighted by Gasteiger charge is -2.23. The van der Waals surface area contributed by atoms with Crippen LogP contribution in [0.3, 0.4) is 0 Å². The number of carbonyl (C=O) groups is 2. The van der Waals surface area contributed by atoms with E-state index in [1.807, 2.05) is 17.5 Å². The minimum Gasteiger partial charge on any atom is -0.479 e. The van der Waals surface area contributed by atoms with Gasteiger partial charge in [0.1, 0.15) is 0 Å². The van der Waals surface area contributed by atoms with Crippen LogP contribution in [0.2, 0.25) is 0 Å². The quantitative estimate of drug-likeness (QED) is 0.905. The van der Waals surface area contributed by atoms with Crippen molar-refractivity contribution in [2.45, 2.75) is 12.0 Å². The van der Waals surface area contributed by atoms with Crippen molar-refractivity contribution in [3.05, 3.63) is 35.2 Å². The molecular formula is C14H13NO4S. The molecule has 1 unspecified atom stereocenters. The number of amides is 1. The first-order valence-corrected chi connectivity index (χ1v) is 7.10. The topological polar surface area (TPSA) is 75.6 Å². The van der Waals surface area contributed by atoms with Gasteiger partial charge in [-0.25, -0.2) is 4.79 Å². The van der Waals surface area contributed by atoms with E-state index in [1.54, 1.807) is 23.5 Å². The highest BCUT2D eigenvalue weighted by Crippen LogP contribution is 2.23. The molecule has 0 aliphatic carbocycles. The summed E-state index contributed by atoms with van der Waals surface area (Å²) in [4.78, 5) is 23.6. The molecule has 1 fully saturated rings. The van der Waals surface area contributed by atoms with Crippen LogP contribution >= 0.6 is 11.3 Å². The molecule has 6 heteroatoms. The van der Waals surface area contributed by atoms with Gasteiger partial charge in [0, 0.05) is 23.3 Å². The average Bonchev–Trinajstić information content (AvgIpc) is 3.06. The summed E-state index contributed by atoms with van der Waals surface area (Å²) in [6.45, 7) is 0.352. The van der Waals surface area contributed by atoms with Crippen molar-refractivity contribution in [2.75, 3.05) is 13.2 Å². The fourth-order valence-electron chi connectivity index (χ4n) is 2.28. The molecule has 1 aliphatic heterocycles. The van der Waals surface area contributed by atoms with E-state index in [0.29, 0.717) is 12.2 Å². The third-order valence-corrected chi connectivity index (χ3v) is 4.40. The Kier molecular flexibility index (Phi) is 3.19. The maximum atomic E-state index is 12.2. The lowest BCUT2D eigenvalue weighted by molar-refractivity contribution is -0.144. The summed E-state index contributed by atoms with van der Waals surface area (Å²) in [5, 5.41) is 14.8. The molecule has 1 aliphatic rings. The maximum absolute atomic E-state index is 12.2. The minimum absolute atomic E-state index is 0.00870. The Bertz CT molecular complexity index is 673. The van der Waals surface area contributed by atoms with Gasteiger partial charge in [-0.3, -0.25) is 4.79 Å². The van der Waals surface area contributed by atoms with E-state index in [0.717, 1.165) is 10.1 Å². The number of aliphatic carboxylic acids is 1. The van der Waals surface area contributed by atoms with Gasteiger partial charge in [-0.1, -0.05) is 0 Å². The van der Waals surface area contributed by atoms with E-state index >= 15 is 0 Å². The Hall–Kier alpha value is -1.92. The zero-order valence-electron chi connectivity index (χ0n) is 10.6. The van der Waals surface area contributed by atoms with E-state index in [2.05, 4.69) is 5.32 Å². The largest absolute Gasteiger partial charge is 0.479 e. The van der Waals surface area contributed by atoms with Gasteiger partial charge in [0.2, 0.25) is 0 Å². The Morgan fingerprint density at radius 3 is 2.90 bits per heavy atom. The third-order valence-electron chi connectivity index (χ3n) is 3.50. The SMILES string of the molecule is O=C(NC1(C(=O)O)CCOC1)c1ccc2sccc2c1. The maximum Gasteiger partial charge on any atom is 0.331 e. The van der Waals surface area contributed by atoms with Crippen LogP contribution < -0.4 is 5.32 Å². The molecule has 3 rings (SSSR count). The number of thiophene rings is 1. The Morgan fingerprint density at radius 1 is 1.35 bits per heavy atom. The van der Waals surface area contributed by atoms with Crippen molar-refractivity contribution in [3.63, 3.8) is 0 Å². The van der Waals surface area contributed by atoms with E-state index in [4.69, 9.17) is 4.74 Å². The lowest BCUT2D eigenvalue weighted by atomic mass is 9.98. The normalized spacial score (nSPS) is 22.0. The van der Waals surface area contributed by atoms with Crippen LogP contribution in [-0.2, 0) is 9.53 Å². The Labute approximate surface area is 119 Å². The number of hydrogen-bond donors (Lipinski definition) is 2. The molecule has 1 aromatic heterocycles. The molecule has 2 aromatic rings. The van der Waals surface area contributed by atoms with Crippen LogP contribution in [0.1, 0.15) is 16.8 Å². The second-order valence-electron chi connectivity index (χ2n) is 4.82. The van der Waals surface area contributed by atoms with E-state index in [9.17, 15) is 14.7 Å². The molecule has 0 bridgehead atoms. The Morgan fingerprint density at radius 2 is 2.20 bits per heavy atom. The van der Waals surface area contributed by atoms with Crippen LogP contribution in [-0.4, -0.2) is 35.7 Å². The van der Waals surface area contributed by atoms with Crippen LogP contribution in [0, 0.1) is 0 Å². The van der Waals surface area contributed by atoms with Crippen LogP contribution in [0.4, 0.5) is 0 Å². The minimum atomic E-state index is -1.30. The number of fused-ring (bicyclic) bond motifs is 1. The van der Waals surface area contributed by atoms with E-state index in [-0.39, 0.29) is 18.9 Å². The number of hydrogen-bond acceptors (Lipinski definition) is 4.